The number of rotatable bonds is 1. The van der Waals surface area contributed by atoms with Gasteiger partial charge >= 0.3 is 0 Å². The summed E-state index contributed by atoms with van der Waals surface area (Å²) in [6.45, 7) is 1.25. The third-order valence-electron chi connectivity index (χ3n) is 2.98. The number of nitrogens with zero attached hydrogens (tertiary/aromatic N) is 1. The van der Waals surface area contributed by atoms with E-state index in [1.165, 1.54) is 0 Å². The number of aromatic nitrogens is 1. The third-order valence-corrected chi connectivity index (χ3v) is 2.98. The highest BCUT2D eigenvalue weighted by atomic mass is 16.3. The molecule has 0 aliphatic carbocycles. The highest BCUT2D eigenvalue weighted by molar-refractivity contribution is 5.83. The van der Waals surface area contributed by atoms with Gasteiger partial charge < -0.3 is 10.4 Å². The molecule has 3 heteroatoms. The molecule has 0 unspecified atom stereocenters. The minimum absolute atomic E-state index is 0.626. The highest BCUT2D eigenvalue weighted by Crippen LogP contribution is 2.30. The van der Waals surface area contributed by atoms with Crippen LogP contribution < -0.4 is 5.32 Å². The van der Waals surface area contributed by atoms with E-state index in [0.29, 0.717) is 13.1 Å². The molecule has 0 amide bonds. The maximum Gasteiger partial charge on any atom is 0.115 e. The Balaban J connectivity index is 2.26. The van der Waals surface area contributed by atoms with E-state index >= 15 is 0 Å². The second-order valence-electron chi connectivity index (χ2n) is 4.01. The Morgan fingerprint density at radius 2 is 2.07 bits per heavy atom. The standard InChI is InChI=1S/C12H12N2O/c15-12(7-13-8-12)10-4-1-5-11-9(10)3-2-6-14-11/h1-6,13,15H,7-8H2. The molecule has 1 saturated heterocycles. The van der Waals surface area contributed by atoms with Crippen molar-refractivity contribution in [2.45, 2.75) is 5.60 Å². The predicted octanol–water partition coefficient (Wildman–Crippen LogP) is 1.03. The Morgan fingerprint density at radius 3 is 2.80 bits per heavy atom. The average Bonchev–Trinajstić information content (AvgIpc) is 2.25. The van der Waals surface area contributed by atoms with Crippen molar-refractivity contribution in [3.8, 4) is 0 Å². The first-order chi connectivity index (χ1) is 7.30. The zero-order valence-corrected chi connectivity index (χ0v) is 8.27. The number of aliphatic hydroxyl groups is 1. The summed E-state index contributed by atoms with van der Waals surface area (Å²) < 4.78 is 0. The SMILES string of the molecule is OC1(c2cccc3ncccc23)CNC1. The van der Waals surface area contributed by atoms with Gasteiger partial charge in [0.2, 0.25) is 0 Å². The number of pyridine rings is 1. The average molecular weight is 200 g/mol. The van der Waals surface area contributed by atoms with Crippen LogP contribution in [0.5, 0.6) is 0 Å². The van der Waals surface area contributed by atoms with E-state index in [-0.39, 0.29) is 0 Å². The summed E-state index contributed by atoms with van der Waals surface area (Å²) in [6, 6.07) is 9.80. The maximum absolute atomic E-state index is 10.3. The molecule has 3 rings (SSSR count). The maximum atomic E-state index is 10.3. The van der Waals surface area contributed by atoms with Crippen LogP contribution in [-0.4, -0.2) is 23.2 Å². The number of benzene rings is 1. The van der Waals surface area contributed by atoms with Crippen molar-refractivity contribution in [3.05, 3.63) is 42.1 Å². The van der Waals surface area contributed by atoms with Crippen molar-refractivity contribution in [2.24, 2.45) is 0 Å². The second kappa shape index (κ2) is 3.02. The quantitative estimate of drug-likeness (QED) is 0.722. The van der Waals surface area contributed by atoms with E-state index in [2.05, 4.69) is 10.3 Å². The van der Waals surface area contributed by atoms with Gasteiger partial charge in [0.1, 0.15) is 5.60 Å². The molecular weight excluding hydrogens is 188 g/mol. The fourth-order valence-corrected chi connectivity index (χ4v) is 2.06. The molecule has 0 atom stereocenters. The summed E-state index contributed by atoms with van der Waals surface area (Å²) in [4.78, 5) is 4.28. The van der Waals surface area contributed by atoms with Crippen molar-refractivity contribution in [3.63, 3.8) is 0 Å². The Hall–Kier alpha value is -1.45. The lowest BCUT2D eigenvalue weighted by Crippen LogP contribution is -2.56. The van der Waals surface area contributed by atoms with Crippen LogP contribution in [0.1, 0.15) is 5.56 Å². The zero-order valence-electron chi connectivity index (χ0n) is 8.27. The van der Waals surface area contributed by atoms with Gasteiger partial charge in [0.15, 0.2) is 0 Å². The molecule has 0 radical (unpaired) electrons. The van der Waals surface area contributed by atoms with Crippen LogP contribution >= 0.6 is 0 Å². The van der Waals surface area contributed by atoms with Crippen molar-refractivity contribution in [1.82, 2.24) is 10.3 Å². The van der Waals surface area contributed by atoms with Crippen LogP contribution in [-0.2, 0) is 5.60 Å². The molecule has 1 aliphatic rings. The summed E-state index contributed by atoms with van der Waals surface area (Å²) in [7, 11) is 0. The van der Waals surface area contributed by atoms with E-state index in [0.717, 1.165) is 16.5 Å². The molecule has 1 aromatic heterocycles. The largest absolute Gasteiger partial charge is 0.382 e. The topological polar surface area (TPSA) is 45.2 Å². The molecule has 0 spiro atoms. The second-order valence-corrected chi connectivity index (χ2v) is 4.01. The van der Waals surface area contributed by atoms with Gasteiger partial charge in [-0.05, 0) is 17.7 Å². The smallest absolute Gasteiger partial charge is 0.115 e. The fraction of sp³-hybridized carbons (Fsp3) is 0.250. The van der Waals surface area contributed by atoms with Gasteiger partial charge in [-0.1, -0.05) is 18.2 Å². The number of fused-ring (bicyclic) bond motifs is 1. The normalized spacial score (nSPS) is 18.7. The van der Waals surface area contributed by atoms with E-state index in [9.17, 15) is 5.11 Å². The van der Waals surface area contributed by atoms with Crippen LogP contribution in [0.15, 0.2) is 36.5 Å². The Kier molecular flexibility index (Phi) is 1.78. The molecule has 2 N–H and O–H groups in total. The molecule has 15 heavy (non-hydrogen) atoms. The van der Waals surface area contributed by atoms with Crippen molar-refractivity contribution in [2.75, 3.05) is 13.1 Å². The third kappa shape index (κ3) is 1.24. The lowest BCUT2D eigenvalue weighted by molar-refractivity contribution is -0.0133. The number of nitrogens with one attached hydrogen (secondary N) is 1. The van der Waals surface area contributed by atoms with Crippen LogP contribution in [0.3, 0.4) is 0 Å². The summed E-state index contributed by atoms with van der Waals surface area (Å²) in [6.07, 6.45) is 1.77. The number of β-amino-alcohol motifs (C(OH)–C–C–N with tert-alkyl or cyclic N) is 1. The fourth-order valence-electron chi connectivity index (χ4n) is 2.06. The number of hydrogen-bond acceptors (Lipinski definition) is 3. The van der Waals surface area contributed by atoms with Crippen molar-refractivity contribution >= 4 is 10.9 Å². The minimum atomic E-state index is -0.706. The van der Waals surface area contributed by atoms with Gasteiger partial charge in [0, 0.05) is 24.7 Å². The van der Waals surface area contributed by atoms with Gasteiger partial charge in [0.05, 0.1) is 5.52 Å². The van der Waals surface area contributed by atoms with Gasteiger partial charge in [-0.25, -0.2) is 0 Å². The Morgan fingerprint density at radius 1 is 1.20 bits per heavy atom. The van der Waals surface area contributed by atoms with Crippen molar-refractivity contribution in [1.29, 1.82) is 0 Å². The van der Waals surface area contributed by atoms with Crippen LogP contribution in [0.25, 0.3) is 10.9 Å². The first kappa shape index (κ1) is 8.83. The Labute approximate surface area is 87.8 Å². The molecule has 1 aliphatic heterocycles. The molecule has 2 heterocycles. The summed E-state index contributed by atoms with van der Waals surface area (Å²) in [5.74, 6) is 0. The molecule has 0 saturated carbocycles. The highest BCUT2D eigenvalue weighted by Gasteiger charge is 2.37. The van der Waals surface area contributed by atoms with Crippen LogP contribution in [0.2, 0.25) is 0 Å². The summed E-state index contributed by atoms with van der Waals surface area (Å²) >= 11 is 0. The lowest BCUT2D eigenvalue weighted by atomic mass is 9.86. The molecular formula is C12H12N2O. The van der Waals surface area contributed by atoms with Gasteiger partial charge in [0.25, 0.3) is 0 Å². The van der Waals surface area contributed by atoms with Crippen LogP contribution in [0, 0.1) is 0 Å². The molecule has 2 aromatic rings. The van der Waals surface area contributed by atoms with E-state index in [1.807, 2.05) is 30.3 Å². The van der Waals surface area contributed by atoms with E-state index in [4.69, 9.17) is 0 Å². The zero-order chi connectivity index (χ0) is 10.3. The summed E-state index contributed by atoms with van der Waals surface area (Å²) in [5, 5.41) is 14.4. The molecule has 1 fully saturated rings. The molecule has 3 nitrogen and oxygen atoms in total. The van der Waals surface area contributed by atoms with E-state index in [1.54, 1.807) is 6.20 Å². The molecule has 1 aromatic carbocycles. The summed E-state index contributed by atoms with van der Waals surface area (Å²) in [5.41, 5.74) is 1.21. The van der Waals surface area contributed by atoms with Gasteiger partial charge in [-0.15, -0.1) is 0 Å². The van der Waals surface area contributed by atoms with Gasteiger partial charge in [-0.2, -0.15) is 0 Å². The first-order valence-corrected chi connectivity index (χ1v) is 5.07. The van der Waals surface area contributed by atoms with Crippen LogP contribution in [0.4, 0.5) is 0 Å². The Bertz CT molecular complexity index is 500. The van der Waals surface area contributed by atoms with Gasteiger partial charge in [-0.3, -0.25) is 4.98 Å². The lowest BCUT2D eigenvalue weighted by Gasteiger charge is -2.38. The van der Waals surface area contributed by atoms with E-state index < -0.39 is 5.60 Å². The molecule has 0 bridgehead atoms. The number of hydrogen-bond donors (Lipinski definition) is 2. The van der Waals surface area contributed by atoms with Crippen molar-refractivity contribution < 1.29 is 5.11 Å². The monoisotopic (exact) mass is 200 g/mol. The predicted molar refractivity (Wildman–Crippen MR) is 58.5 cm³/mol. The molecule has 76 valence electrons. The first-order valence-electron chi connectivity index (χ1n) is 5.07. The minimum Gasteiger partial charge on any atom is -0.382 e.